The number of amidine groups is 1. The molecule has 1 aliphatic rings. The molecule has 0 radical (unpaired) electrons. The number of hydrogen-bond acceptors (Lipinski definition) is 3. The molecule has 1 fully saturated rings. The molecule has 3 N–H and O–H groups in total. The van der Waals surface area contributed by atoms with Gasteiger partial charge in [-0.1, -0.05) is 5.16 Å². The van der Waals surface area contributed by atoms with Gasteiger partial charge in [0.1, 0.15) is 12.9 Å². The maximum absolute atomic E-state index is 5.48. The maximum atomic E-state index is 5.48. The summed E-state index contributed by atoms with van der Waals surface area (Å²) in [5.74, 6) is 1.27. The van der Waals surface area contributed by atoms with Crippen molar-refractivity contribution >= 4 is 5.84 Å². The van der Waals surface area contributed by atoms with E-state index in [9.17, 15) is 0 Å². The molecular formula is C6H13N3O. The van der Waals surface area contributed by atoms with E-state index in [1.807, 2.05) is 0 Å². The third kappa shape index (κ3) is 1.39. The lowest BCUT2D eigenvalue weighted by atomic mass is 10.1. The van der Waals surface area contributed by atoms with Gasteiger partial charge in [-0.3, -0.25) is 0 Å². The number of nitrogens with zero attached hydrogens (tertiary/aromatic N) is 1. The number of rotatable bonds is 2. The molecular weight excluding hydrogens is 130 g/mol. The minimum atomic E-state index is 0.375. The Kier molecular flexibility index (Phi) is 2.50. The second-order valence-corrected chi connectivity index (χ2v) is 2.31. The normalized spacial score (nSPS) is 28.6. The lowest BCUT2D eigenvalue weighted by Gasteiger charge is -2.04. The molecule has 1 unspecified atom stereocenters. The maximum Gasteiger partial charge on any atom is 0.146 e. The van der Waals surface area contributed by atoms with Crippen molar-refractivity contribution in [3.05, 3.63) is 0 Å². The number of oxime groups is 1. The lowest BCUT2D eigenvalue weighted by Crippen LogP contribution is -2.25. The largest absolute Gasteiger partial charge is 0.398 e. The molecule has 10 heavy (non-hydrogen) atoms. The van der Waals surface area contributed by atoms with Crippen LogP contribution in [-0.2, 0) is 4.84 Å². The topological polar surface area (TPSA) is 59.6 Å². The molecule has 0 spiro atoms. The van der Waals surface area contributed by atoms with Crippen LogP contribution in [0.4, 0.5) is 0 Å². The van der Waals surface area contributed by atoms with E-state index in [-0.39, 0.29) is 0 Å². The molecule has 1 heterocycles. The van der Waals surface area contributed by atoms with E-state index in [0.717, 1.165) is 18.8 Å². The first-order valence-electron chi connectivity index (χ1n) is 3.43. The Bertz CT molecular complexity index is 135. The van der Waals surface area contributed by atoms with Crippen LogP contribution in [0.2, 0.25) is 0 Å². The molecule has 4 nitrogen and oxygen atoms in total. The van der Waals surface area contributed by atoms with Gasteiger partial charge in [-0.2, -0.15) is 0 Å². The predicted molar refractivity (Wildman–Crippen MR) is 39.6 cm³/mol. The molecule has 1 atom stereocenters. The second kappa shape index (κ2) is 3.41. The molecule has 0 saturated carbocycles. The van der Waals surface area contributed by atoms with Gasteiger partial charge >= 0.3 is 0 Å². The van der Waals surface area contributed by atoms with Crippen LogP contribution in [0.3, 0.4) is 0 Å². The Balaban J connectivity index is 2.49. The summed E-state index contributed by atoms with van der Waals surface area (Å²) in [6.45, 7) is 1.61. The van der Waals surface area contributed by atoms with Crippen LogP contribution in [0.15, 0.2) is 5.16 Å². The van der Waals surface area contributed by atoms with Gasteiger partial charge < -0.3 is 15.9 Å². The van der Waals surface area contributed by atoms with Gasteiger partial charge in [0.05, 0.1) is 0 Å². The third-order valence-electron chi connectivity index (χ3n) is 1.66. The minimum absolute atomic E-state index is 0.375. The van der Waals surface area contributed by atoms with E-state index in [2.05, 4.69) is 15.3 Å². The summed E-state index contributed by atoms with van der Waals surface area (Å²) in [5, 5.41) is 6.90. The molecule has 0 aromatic carbocycles. The summed E-state index contributed by atoms with van der Waals surface area (Å²) in [7, 11) is 1.54. The van der Waals surface area contributed by atoms with Gasteiger partial charge in [0.2, 0.25) is 0 Å². The van der Waals surface area contributed by atoms with Crippen molar-refractivity contribution in [3.63, 3.8) is 0 Å². The fourth-order valence-corrected chi connectivity index (χ4v) is 1.09. The highest BCUT2D eigenvalue weighted by atomic mass is 16.6. The lowest BCUT2D eigenvalue weighted by molar-refractivity contribution is 0.210. The molecule has 0 amide bonds. The van der Waals surface area contributed by atoms with E-state index in [1.54, 1.807) is 7.11 Å². The quantitative estimate of drug-likeness (QED) is 0.513. The molecule has 4 heteroatoms. The predicted octanol–water partition coefficient (Wildman–Crippen LogP) is -0.485. The molecule has 0 aromatic heterocycles. The van der Waals surface area contributed by atoms with Crippen molar-refractivity contribution in [2.75, 3.05) is 20.2 Å². The molecule has 58 valence electrons. The molecule has 1 rings (SSSR count). The van der Waals surface area contributed by atoms with Crippen molar-refractivity contribution < 1.29 is 4.84 Å². The minimum Gasteiger partial charge on any atom is -0.398 e. The zero-order valence-electron chi connectivity index (χ0n) is 6.13. The van der Waals surface area contributed by atoms with Crippen molar-refractivity contribution in [1.82, 2.24) is 5.32 Å². The highest BCUT2D eigenvalue weighted by Crippen LogP contribution is 2.08. The van der Waals surface area contributed by atoms with Crippen molar-refractivity contribution in [2.24, 2.45) is 16.8 Å². The highest BCUT2D eigenvalue weighted by molar-refractivity contribution is 5.86. The number of hydrogen-bond donors (Lipinski definition) is 2. The summed E-state index contributed by atoms with van der Waals surface area (Å²) in [5.41, 5.74) is 5.48. The molecule has 0 aliphatic carbocycles. The average Bonchev–Trinajstić information content (AvgIpc) is 2.36. The Labute approximate surface area is 60.4 Å². The van der Waals surface area contributed by atoms with Gasteiger partial charge in [-0.25, -0.2) is 0 Å². The van der Waals surface area contributed by atoms with Crippen molar-refractivity contribution in [2.45, 2.75) is 6.42 Å². The summed E-state index contributed by atoms with van der Waals surface area (Å²) in [4.78, 5) is 4.63. The zero-order valence-corrected chi connectivity index (χ0v) is 6.13. The fraction of sp³-hybridized carbons (Fsp3) is 0.833. The monoisotopic (exact) mass is 143 g/mol. The van der Waals surface area contributed by atoms with E-state index in [4.69, 9.17) is 5.73 Å². The third-order valence-corrected chi connectivity index (χ3v) is 1.66. The summed E-state index contributed by atoms with van der Waals surface area (Å²) in [6.07, 6.45) is 1.07. The van der Waals surface area contributed by atoms with Gasteiger partial charge in [0.25, 0.3) is 0 Å². The number of nitrogens with two attached hydrogens (primary N) is 1. The Hall–Kier alpha value is -0.770. The second-order valence-electron chi connectivity index (χ2n) is 2.31. The first-order valence-corrected chi connectivity index (χ1v) is 3.43. The zero-order chi connectivity index (χ0) is 7.40. The molecule has 0 aromatic rings. The first-order chi connectivity index (χ1) is 4.88. The number of nitrogens with one attached hydrogen (secondary N) is 1. The SMILES string of the molecule is CON=C1NCCC1CN. The van der Waals surface area contributed by atoms with Crippen LogP contribution in [0.25, 0.3) is 0 Å². The van der Waals surface area contributed by atoms with Gasteiger partial charge in [-0.05, 0) is 6.42 Å². The van der Waals surface area contributed by atoms with Gasteiger partial charge in [0, 0.05) is 19.0 Å². The van der Waals surface area contributed by atoms with Gasteiger partial charge in [0.15, 0.2) is 0 Å². The van der Waals surface area contributed by atoms with Crippen LogP contribution in [-0.4, -0.2) is 26.0 Å². The Morgan fingerprint density at radius 3 is 3.30 bits per heavy atom. The van der Waals surface area contributed by atoms with Crippen LogP contribution in [0.1, 0.15) is 6.42 Å². The molecule has 1 aliphatic heterocycles. The standard InChI is InChI=1S/C6H13N3O/c1-10-9-6-5(4-7)2-3-8-6/h5H,2-4,7H2,1H3,(H,8,9). The van der Waals surface area contributed by atoms with Crippen LogP contribution >= 0.6 is 0 Å². The van der Waals surface area contributed by atoms with Crippen molar-refractivity contribution in [1.29, 1.82) is 0 Å². The average molecular weight is 143 g/mol. The van der Waals surface area contributed by atoms with Gasteiger partial charge in [-0.15, -0.1) is 0 Å². The van der Waals surface area contributed by atoms with Crippen LogP contribution in [0.5, 0.6) is 0 Å². The summed E-state index contributed by atoms with van der Waals surface area (Å²) < 4.78 is 0. The highest BCUT2D eigenvalue weighted by Gasteiger charge is 2.20. The van der Waals surface area contributed by atoms with E-state index >= 15 is 0 Å². The van der Waals surface area contributed by atoms with E-state index in [0.29, 0.717) is 12.5 Å². The van der Waals surface area contributed by atoms with Crippen molar-refractivity contribution in [3.8, 4) is 0 Å². The smallest absolute Gasteiger partial charge is 0.146 e. The summed E-state index contributed by atoms with van der Waals surface area (Å²) in [6, 6.07) is 0. The fourth-order valence-electron chi connectivity index (χ4n) is 1.09. The van der Waals surface area contributed by atoms with E-state index < -0.39 is 0 Å². The molecule has 1 saturated heterocycles. The van der Waals surface area contributed by atoms with Crippen LogP contribution in [0, 0.1) is 5.92 Å². The van der Waals surface area contributed by atoms with E-state index in [1.165, 1.54) is 0 Å². The van der Waals surface area contributed by atoms with Crippen LogP contribution < -0.4 is 11.1 Å². The first kappa shape index (κ1) is 7.34. The Morgan fingerprint density at radius 1 is 1.90 bits per heavy atom. The Morgan fingerprint density at radius 2 is 2.70 bits per heavy atom. The molecule has 0 bridgehead atoms. The summed E-state index contributed by atoms with van der Waals surface area (Å²) >= 11 is 0.